The molecular weight excluding hydrogens is 170 g/mol. The smallest absolute Gasteiger partial charge is 0.00518 e. The average molecular weight is 189 g/mol. The molecule has 0 saturated carbocycles. The first-order valence-corrected chi connectivity index (χ1v) is 5.22. The van der Waals surface area contributed by atoms with Gasteiger partial charge in [0.2, 0.25) is 0 Å². The summed E-state index contributed by atoms with van der Waals surface area (Å²) in [5.41, 5.74) is 2.53. The quantitative estimate of drug-likeness (QED) is 0.678. The van der Waals surface area contributed by atoms with Gasteiger partial charge in [-0.3, -0.25) is 0 Å². The van der Waals surface area contributed by atoms with Crippen LogP contribution in [0.5, 0.6) is 0 Å². The Morgan fingerprint density at radius 3 is 2.57 bits per heavy atom. The van der Waals surface area contributed by atoms with Gasteiger partial charge in [0.25, 0.3) is 0 Å². The Hall–Kier alpha value is -1.08. The van der Waals surface area contributed by atoms with Crippen molar-refractivity contribution in [3.8, 4) is 0 Å². The minimum Gasteiger partial charge on any atom is -0.320 e. The number of allylic oxidation sites excluding steroid dienone is 1. The summed E-state index contributed by atoms with van der Waals surface area (Å²) in [6, 6.07) is 10.4. The molecule has 0 aliphatic rings. The number of benzene rings is 1. The van der Waals surface area contributed by atoms with Crippen LogP contribution in [0.4, 0.5) is 0 Å². The topological polar surface area (TPSA) is 12.0 Å². The fraction of sp³-hybridized carbons (Fsp3) is 0.385. The predicted molar refractivity (Wildman–Crippen MR) is 63.3 cm³/mol. The van der Waals surface area contributed by atoms with Gasteiger partial charge in [-0.1, -0.05) is 36.9 Å². The molecule has 0 atom stereocenters. The molecule has 0 heterocycles. The summed E-state index contributed by atoms with van der Waals surface area (Å²) in [5.74, 6) is 0. The lowest BCUT2D eigenvalue weighted by Gasteiger charge is -2.05. The third-order valence-corrected chi connectivity index (χ3v) is 2.34. The summed E-state index contributed by atoms with van der Waals surface area (Å²) >= 11 is 0. The van der Waals surface area contributed by atoms with Gasteiger partial charge in [-0.05, 0) is 44.0 Å². The van der Waals surface area contributed by atoms with E-state index < -0.39 is 0 Å². The molecule has 1 heteroatoms. The van der Waals surface area contributed by atoms with Gasteiger partial charge in [0.1, 0.15) is 0 Å². The third kappa shape index (κ3) is 3.75. The maximum Gasteiger partial charge on any atom is -0.00518 e. The van der Waals surface area contributed by atoms with Gasteiger partial charge in [0.05, 0.1) is 0 Å². The monoisotopic (exact) mass is 189 g/mol. The van der Waals surface area contributed by atoms with E-state index in [1.54, 1.807) is 0 Å². The van der Waals surface area contributed by atoms with Crippen LogP contribution in [-0.2, 0) is 0 Å². The molecular formula is C13H19N. The molecule has 0 spiro atoms. The van der Waals surface area contributed by atoms with Crippen molar-refractivity contribution in [2.24, 2.45) is 0 Å². The molecule has 1 nitrogen and oxygen atoms in total. The zero-order valence-corrected chi connectivity index (χ0v) is 8.92. The van der Waals surface area contributed by atoms with Crippen LogP contribution in [-0.4, -0.2) is 13.6 Å². The second-order valence-corrected chi connectivity index (χ2v) is 3.53. The standard InChI is InChI=1S/C13H19N/c1-12(8-6-7-11-14-2)13-9-4-3-5-10-13/h3-5,9-10,14H,1,6-8,11H2,2H3. The Morgan fingerprint density at radius 2 is 1.93 bits per heavy atom. The first kappa shape index (κ1) is 11.0. The first-order chi connectivity index (χ1) is 6.84. The van der Waals surface area contributed by atoms with Crippen LogP contribution in [0.2, 0.25) is 0 Å². The fourth-order valence-corrected chi connectivity index (χ4v) is 1.46. The molecule has 1 aromatic carbocycles. The summed E-state index contributed by atoms with van der Waals surface area (Å²) in [6.07, 6.45) is 3.54. The van der Waals surface area contributed by atoms with Crippen LogP contribution in [0, 0.1) is 0 Å². The first-order valence-electron chi connectivity index (χ1n) is 5.22. The lowest BCUT2D eigenvalue weighted by atomic mass is 10.0. The maximum atomic E-state index is 4.10. The molecule has 14 heavy (non-hydrogen) atoms. The highest BCUT2D eigenvalue weighted by Gasteiger charge is 1.96. The van der Waals surface area contributed by atoms with Crippen LogP contribution in [0.25, 0.3) is 5.57 Å². The summed E-state index contributed by atoms with van der Waals surface area (Å²) in [5, 5.41) is 3.15. The molecule has 0 aliphatic heterocycles. The molecule has 1 aromatic rings. The van der Waals surface area contributed by atoms with Crippen LogP contribution in [0.3, 0.4) is 0 Å². The highest BCUT2D eigenvalue weighted by Crippen LogP contribution is 2.17. The summed E-state index contributed by atoms with van der Waals surface area (Å²) in [6.45, 7) is 5.20. The van der Waals surface area contributed by atoms with E-state index in [0.29, 0.717) is 0 Å². The Balaban J connectivity index is 2.29. The van der Waals surface area contributed by atoms with Crippen LogP contribution in [0.1, 0.15) is 24.8 Å². The van der Waals surface area contributed by atoms with E-state index in [1.165, 1.54) is 24.0 Å². The number of nitrogens with one attached hydrogen (secondary N) is 1. The van der Waals surface area contributed by atoms with E-state index in [4.69, 9.17) is 0 Å². The zero-order valence-electron chi connectivity index (χ0n) is 8.92. The molecule has 1 N–H and O–H groups in total. The van der Waals surface area contributed by atoms with E-state index >= 15 is 0 Å². The highest BCUT2D eigenvalue weighted by atomic mass is 14.8. The number of hydrogen-bond donors (Lipinski definition) is 1. The van der Waals surface area contributed by atoms with Gasteiger partial charge < -0.3 is 5.32 Å². The molecule has 0 amide bonds. The van der Waals surface area contributed by atoms with Crippen molar-refractivity contribution < 1.29 is 0 Å². The van der Waals surface area contributed by atoms with E-state index in [0.717, 1.165) is 13.0 Å². The zero-order chi connectivity index (χ0) is 10.2. The Kier molecular flexibility index (Phi) is 5.02. The minimum absolute atomic E-state index is 1.10. The van der Waals surface area contributed by atoms with Gasteiger partial charge in [-0.2, -0.15) is 0 Å². The van der Waals surface area contributed by atoms with Crippen molar-refractivity contribution in [2.45, 2.75) is 19.3 Å². The maximum absolute atomic E-state index is 4.10. The van der Waals surface area contributed by atoms with E-state index in [1.807, 2.05) is 13.1 Å². The highest BCUT2D eigenvalue weighted by molar-refractivity contribution is 5.62. The van der Waals surface area contributed by atoms with Gasteiger partial charge in [0, 0.05) is 0 Å². The van der Waals surface area contributed by atoms with Gasteiger partial charge in [-0.25, -0.2) is 0 Å². The van der Waals surface area contributed by atoms with E-state index in [9.17, 15) is 0 Å². The van der Waals surface area contributed by atoms with Gasteiger partial charge >= 0.3 is 0 Å². The van der Waals surface area contributed by atoms with Crippen molar-refractivity contribution in [3.05, 3.63) is 42.5 Å². The van der Waals surface area contributed by atoms with Crippen molar-refractivity contribution in [1.82, 2.24) is 5.32 Å². The minimum atomic E-state index is 1.10. The molecule has 0 saturated heterocycles. The van der Waals surface area contributed by atoms with E-state index in [-0.39, 0.29) is 0 Å². The molecule has 0 aromatic heterocycles. The van der Waals surface area contributed by atoms with Gasteiger partial charge in [-0.15, -0.1) is 0 Å². The van der Waals surface area contributed by atoms with E-state index in [2.05, 4.69) is 36.2 Å². The SMILES string of the molecule is C=C(CCCCNC)c1ccccc1. The molecule has 0 radical (unpaired) electrons. The molecule has 76 valence electrons. The van der Waals surface area contributed by atoms with Crippen LogP contribution >= 0.6 is 0 Å². The summed E-state index contributed by atoms with van der Waals surface area (Å²) in [7, 11) is 1.99. The van der Waals surface area contributed by atoms with Crippen molar-refractivity contribution in [1.29, 1.82) is 0 Å². The molecule has 0 fully saturated rings. The lowest BCUT2D eigenvalue weighted by Crippen LogP contribution is -2.06. The Morgan fingerprint density at radius 1 is 1.21 bits per heavy atom. The van der Waals surface area contributed by atoms with Crippen molar-refractivity contribution >= 4 is 5.57 Å². The average Bonchev–Trinajstić information content (AvgIpc) is 2.25. The lowest BCUT2D eigenvalue weighted by molar-refractivity contribution is 0.689. The second-order valence-electron chi connectivity index (χ2n) is 3.53. The molecule has 0 bridgehead atoms. The third-order valence-electron chi connectivity index (χ3n) is 2.34. The molecule has 1 rings (SSSR count). The summed E-state index contributed by atoms with van der Waals surface area (Å²) in [4.78, 5) is 0. The molecule has 0 aliphatic carbocycles. The van der Waals surface area contributed by atoms with Crippen LogP contribution < -0.4 is 5.32 Å². The largest absolute Gasteiger partial charge is 0.320 e. The van der Waals surface area contributed by atoms with Crippen molar-refractivity contribution in [3.63, 3.8) is 0 Å². The fourth-order valence-electron chi connectivity index (χ4n) is 1.46. The van der Waals surface area contributed by atoms with Crippen LogP contribution in [0.15, 0.2) is 36.9 Å². The number of rotatable bonds is 6. The second kappa shape index (κ2) is 6.39. The number of hydrogen-bond acceptors (Lipinski definition) is 1. The molecule has 0 unspecified atom stereocenters. The van der Waals surface area contributed by atoms with Gasteiger partial charge in [0.15, 0.2) is 0 Å². The number of unbranched alkanes of at least 4 members (excludes halogenated alkanes) is 1. The Labute approximate surface area is 86.8 Å². The predicted octanol–water partition coefficient (Wildman–Crippen LogP) is 3.09. The normalized spacial score (nSPS) is 10.1. The summed E-state index contributed by atoms with van der Waals surface area (Å²) < 4.78 is 0. The van der Waals surface area contributed by atoms with Crippen molar-refractivity contribution in [2.75, 3.05) is 13.6 Å². The Bertz CT molecular complexity index is 264.